The van der Waals surface area contributed by atoms with Crippen LogP contribution in [0.4, 0.5) is 5.69 Å². The predicted octanol–water partition coefficient (Wildman–Crippen LogP) is 2.47. The van der Waals surface area contributed by atoms with Crippen molar-refractivity contribution in [3.8, 4) is 0 Å². The first-order valence-corrected chi connectivity index (χ1v) is 4.48. The number of halogens is 1. The van der Waals surface area contributed by atoms with Gasteiger partial charge in [-0.05, 0) is 24.3 Å². The van der Waals surface area contributed by atoms with Crippen LogP contribution in [0, 0.1) is 6.42 Å². The van der Waals surface area contributed by atoms with Crippen molar-refractivity contribution in [3.63, 3.8) is 0 Å². The van der Waals surface area contributed by atoms with Gasteiger partial charge in [-0.15, -0.1) is 0 Å². The summed E-state index contributed by atoms with van der Waals surface area (Å²) in [7, 11) is 0. The monoisotopic (exact) mass is 210 g/mol. The van der Waals surface area contributed by atoms with E-state index in [2.05, 4.69) is 51.5 Å². The number of nitrogens with zero attached hydrogens (tertiary/aromatic N) is 1. The standard InChI is InChI=1S/C9H9BrN/c10-8-2-4-9(5-3-8)11-6-1-7-11/h1-5H,6-7H2. The van der Waals surface area contributed by atoms with E-state index in [0.29, 0.717) is 0 Å². The molecule has 1 aliphatic rings. The smallest absolute Gasteiger partial charge is 0.0367 e. The maximum atomic E-state index is 3.41. The molecule has 11 heavy (non-hydrogen) atoms. The van der Waals surface area contributed by atoms with E-state index in [-0.39, 0.29) is 0 Å². The van der Waals surface area contributed by atoms with Crippen molar-refractivity contribution < 1.29 is 0 Å². The van der Waals surface area contributed by atoms with Crippen molar-refractivity contribution in [2.45, 2.75) is 0 Å². The van der Waals surface area contributed by atoms with Gasteiger partial charge in [0, 0.05) is 29.7 Å². The van der Waals surface area contributed by atoms with Crippen LogP contribution in [-0.2, 0) is 0 Å². The maximum absolute atomic E-state index is 3.41. The molecule has 1 fully saturated rings. The summed E-state index contributed by atoms with van der Waals surface area (Å²) in [6.45, 7) is 2.20. The van der Waals surface area contributed by atoms with E-state index in [1.807, 2.05) is 0 Å². The Kier molecular flexibility index (Phi) is 1.86. The van der Waals surface area contributed by atoms with Gasteiger partial charge in [0.1, 0.15) is 0 Å². The van der Waals surface area contributed by atoms with E-state index < -0.39 is 0 Å². The summed E-state index contributed by atoms with van der Waals surface area (Å²) in [5.41, 5.74) is 1.32. The quantitative estimate of drug-likeness (QED) is 0.689. The van der Waals surface area contributed by atoms with Gasteiger partial charge in [-0.2, -0.15) is 0 Å². The van der Waals surface area contributed by atoms with Crippen LogP contribution in [0.2, 0.25) is 0 Å². The van der Waals surface area contributed by atoms with Crippen molar-refractivity contribution in [3.05, 3.63) is 35.2 Å². The van der Waals surface area contributed by atoms with Crippen LogP contribution >= 0.6 is 15.9 Å². The van der Waals surface area contributed by atoms with E-state index in [0.717, 1.165) is 17.6 Å². The van der Waals surface area contributed by atoms with E-state index in [9.17, 15) is 0 Å². The van der Waals surface area contributed by atoms with Crippen molar-refractivity contribution in [1.82, 2.24) is 0 Å². The van der Waals surface area contributed by atoms with E-state index in [4.69, 9.17) is 0 Å². The third kappa shape index (κ3) is 1.41. The highest BCUT2D eigenvalue weighted by atomic mass is 79.9. The van der Waals surface area contributed by atoms with Crippen LogP contribution in [0.1, 0.15) is 0 Å². The Morgan fingerprint density at radius 1 is 1.09 bits per heavy atom. The lowest BCUT2D eigenvalue weighted by Crippen LogP contribution is -2.37. The minimum Gasteiger partial charge on any atom is -0.371 e. The van der Waals surface area contributed by atoms with Crippen molar-refractivity contribution in [2.24, 2.45) is 0 Å². The molecule has 1 aliphatic heterocycles. The van der Waals surface area contributed by atoms with Crippen molar-refractivity contribution in [2.75, 3.05) is 18.0 Å². The van der Waals surface area contributed by atoms with Gasteiger partial charge in [0.05, 0.1) is 0 Å². The fourth-order valence-corrected chi connectivity index (χ4v) is 1.39. The van der Waals surface area contributed by atoms with Gasteiger partial charge in [0.15, 0.2) is 0 Å². The van der Waals surface area contributed by atoms with Crippen molar-refractivity contribution >= 4 is 21.6 Å². The lowest BCUT2D eigenvalue weighted by atomic mass is 10.2. The molecule has 1 radical (unpaired) electrons. The molecule has 1 heterocycles. The molecule has 0 unspecified atom stereocenters. The molecule has 0 amide bonds. The molecule has 0 atom stereocenters. The molecule has 1 aromatic rings. The molecule has 2 rings (SSSR count). The largest absolute Gasteiger partial charge is 0.371 e. The van der Waals surface area contributed by atoms with Gasteiger partial charge in [-0.3, -0.25) is 0 Å². The molecular formula is C9H9BrN. The lowest BCUT2D eigenvalue weighted by Gasteiger charge is -2.32. The summed E-state index contributed by atoms with van der Waals surface area (Å²) in [6, 6.07) is 8.43. The zero-order chi connectivity index (χ0) is 7.68. The zero-order valence-electron chi connectivity index (χ0n) is 6.13. The Bertz CT molecular complexity index is 238. The highest BCUT2D eigenvalue weighted by molar-refractivity contribution is 9.10. The molecule has 0 aromatic heterocycles. The van der Waals surface area contributed by atoms with Crippen molar-refractivity contribution in [1.29, 1.82) is 0 Å². The van der Waals surface area contributed by atoms with Crippen LogP contribution in [0.25, 0.3) is 0 Å². The zero-order valence-corrected chi connectivity index (χ0v) is 7.71. The van der Waals surface area contributed by atoms with Crippen LogP contribution in [0.3, 0.4) is 0 Å². The average molecular weight is 211 g/mol. The summed E-state index contributed by atoms with van der Waals surface area (Å²) >= 11 is 3.41. The molecule has 1 saturated heterocycles. The SMILES string of the molecule is Brc1ccc(N2C[CH]C2)cc1. The van der Waals surface area contributed by atoms with Gasteiger partial charge in [0.25, 0.3) is 0 Å². The third-order valence-corrected chi connectivity index (χ3v) is 2.42. The first-order valence-electron chi connectivity index (χ1n) is 3.68. The predicted molar refractivity (Wildman–Crippen MR) is 50.7 cm³/mol. The minimum atomic E-state index is 1.10. The Morgan fingerprint density at radius 2 is 1.73 bits per heavy atom. The minimum absolute atomic E-state index is 1.10. The highest BCUT2D eigenvalue weighted by Crippen LogP contribution is 2.21. The van der Waals surface area contributed by atoms with E-state index >= 15 is 0 Å². The normalized spacial score (nSPS) is 16.3. The van der Waals surface area contributed by atoms with E-state index in [1.54, 1.807) is 0 Å². The molecule has 0 spiro atoms. The molecule has 57 valence electrons. The molecule has 1 nitrogen and oxygen atoms in total. The average Bonchev–Trinajstić information content (AvgIpc) is 1.90. The van der Waals surface area contributed by atoms with Crippen LogP contribution in [0.15, 0.2) is 28.7 Å². The number of rotatable bonds is 1. The maximum Gasteiger partial charge on any atom is 0.0367 e. The topological polar surface area (TPSA) is 3.24 Å². The summed E-state index contributed by atoms with van der Waals surface area (Å²) in [5.74, 6) is 0. The Hall–Kier alpha value is -0.500. The Balaban J connectivity index is 2.18. The second-order valence-electron chi connectivity index (χ2n) is 2.67. The number of anilines is 1. The second kappa shape index (κ2) is 2.86. The Morgan fingerprint density at radius 3 is 2.18 bits per heavy atom. The third-order valence-electron chi connectivity index (χ3n) is 1.89. The van der Waals surface area contributed by atoms with Crippen LogP contribution < -0.4 is 4.90 Å². The summed E-state index contributed by atoms with van der Waals surface area (Å²) in [4.78, 5) is 2.33. The summed E-state index contributed by atoms with van der Waals surface area (Å²) in [6.07, 6.45) is 2.27. The Labute approximate surface area is 75.1 Å². The number of hydrogen-bond donors (Lipinski definition) is 0. The molecular weight excluding hydrogens is 202 g/mol. The first-order chi connectivity index (χ1) is 5.36. The second-order valence-corrected chi connectivity index (χ2v) is 3.59. The van der Waals surface area contributed by atoms with E-state index in [1.165, 1.54) is 5.69 Å². The van der Waals surface area contributed by atoms with Gasteiger partial charge >= 0.3 is 0 Å². The van der Waals surface area contributed by atoms with Crippen LogP contribution in [0.5, 0.6) is 0 Å². The fourth-order valence-electron chi connectivity index (χ4n) is 1.12. The molecule has 0 N–H and O–H groups in total. The summed E-state index contributed by atoms with van der Waals surface area (Å²) < 4.78 is 1.14. The highest BCUT2D eigenvalue weighted by Gasteiger charge is 2.13. The fraction of sp³-hybridized carbons (Fsp3) is 0.222. The molecule has 1 aromatic carbocycles. The summed E-state index contributed by atoms with van der Waals surface area (Å²) in [5, 5.41) is 0. The molecule has 0 saturated carbocycles. The number of hydrogen-bond acceptors (Lipinski definition) is 1. The van der Waals surface area contributed by atoms with Gasteiger partial charge in [-0.25, -0.2) is 0 Å². The van der Waals surface area contributed by atoms with Gasteiger partial charge < -0.3 is 4.90 Å². The molecule has 2 heteroatoms. The first kappa shape index (κ1) is 7.17. The molecule has 0 aliphatic carbocycles. The van der Waals surface area contributed by atoms with Gasteiger partial charge in [0.2, 0.25) is 0 Å². The lowest BCUT2D eigenvalue weighted by molar-refractivity contribution is 0.763. The van der Waals surface area contributed by atoms with Gasteiger partial charge in [-0.1, -0.05) is 15.9 Å². The number of benzene rings is 1. The molecule has 0 bridgehead atoms. The van der Waals surface area contributed by atoms with Crippen LogP contribution in [-0.4, -0.2) is 13.1 Å².